The Balaban J connectivity index is 1.54. The van der Waals surface area contributed by atoms with Crippen molar-refractivity contribution in [2.75, 3.05) is 0 Å². The lowest BCUT2D eigenvalue weighted by atomic mass is 9.95. The van der Waals surface area contributed by atoms with Gasteiger partial charge in [-0.2, -0.15) is 0 Å². The van der Waals surface area contributed by atoms with Crippen LogP contribution in [0, 0.1) is 11.7 Å². The first kappa shape index (κ1) is 12.6. The molecule has 0 radical (unpaired) electrons. The minimum Gasteiger partial charge on any atom is -0.353 e. The van der Waals surface area contributed by atoms with Crippen LogP contribution >= 0.6 is 0 Å². The first-order valence-electron chi connectivity index (χ1n) is 7.30. The second-order valence-corrected chi connectivity index (χ2v) is 5.84. The van der Waals surface area contributed by atoms with Crippen LogP contribution in [0.15, 0.2) is 24.3 Å². The van der Waals surface area contributed by atoms with E-state index in [-0.39, 0.29) is 17.6 Å². The predicted octanol–water partition coefficient (Wildman–Crippen LogP) is 3.38. The number of hydrogen-bond acceptors (Lipinski definition) is 1. The summed E-state index contributed by atoms with van der Waals surface area (Å²) in [5.74, 6) is 0.380. The SMILES string of the molecule is O=C(NC1CCCCC1)C1CC1c1ccc(F)cc1. The van der Waals surface area contributed by atoms with Crippen molar-refractivity contribution in [1.82, 2.24) is 5.32 Å². The van der Waals surface area contributed by atoms with E-state index >= 15 is 0 Å². The number of rotatable bonds is 3. The third-order valence-electron chi connectivity index (χ3n) is 4.38. The lowest BCUT2D eigenvalue weighted by Gasteiger charge is -2.22. The predicted molar refractivity (Wildman–Crippen MR) is 72.3 cm³/mol. The molecule has 3 heteroatoms. The topological polar surface area (TPSA) is 29.1 Å². The van der Waals surface area contributed by atoms with Gasteiger partial charge < -0.3 is 5.32 Å². The van der Waals surface area contributed by atoms with Crippen LogP contribution in [0.3, 0.4) is 0 Å². The fraction of sp³-hybridized carbons (Fsp3) is 0.562. The molecule has 0 bridgehead atoms. The first-order valence-corrected chi connectivity index (χ1v) is 7.30. The zero-order valence-electron chi connectivity index (χ0n) is 11.1. The Labute approximate surface area is 113 Å². The second kappa shape index (κ2) is 5.32. The molecule has 2 fully saturated rings. The molecule has 1 aromatic rings. The molecule has 0 saturated heterocycles. The summed E-state index contributed by atoms with van der Waals surface area (Å²) in [6, 6.07) is 6.94. The van der Waals surface area contributed by atoms with Crippen molar-refractivity contribution in [1.29, 1.82) is 0 Å². The van der Waals surface area contributed by atoms with Crippen LogP contribution in [0.5, 0.6) is 0 Å². The minimum atomic E-state index is -0.215. The Morgan fingerprint density at radius 3 is 2.47 bits per heavy atom. The van der Waals surface area contributed by atoms with Crippen LogP contribution in [0.4, 0.5) is 4.39 Å². The number of benzene rings is 1. The third kappa shape index (κ3) is 2.96. The normalized spacial score (nSPS) is 27.0. The molecule has 0 heterocycles. The van der Waals surface area contributed by atoms with Gasteiger partial charge in [-0.1, -0.05) is 31.4 Å². The molecule has 0 spiro atoms. The Bertz CT molecular complexity index is 450. The summed E-state index contributed by atoms with van der Waals surface area (Å²) in [6.07, 6.45) is 6.92. The highest BCUT2D eigenvalue weighted by Crippen LogP contribution is 2.47. The highest BCUT2D eigenvalue weighted by Gasteiger charge is 2.44. The summed E-state index contributed by atoms with van der Waals surface area (Å²) >= 11 is 0. The highest BCUT2D eigenvalue weighted by molar-refractivity contribution is 5.83. The van der Waals surface area contributed by atoms with E-state index in [1.54, 1.807) is 12.1 Å². The summed E-state index contributed by atoms with van der Waals surface area (Å²) in [5.41, 5.74) is 1.09. The van der Waals surface area contributed by atoms with Crippen molar-refractivity contribution in [2.45, 2.75) is 50.5 Å². The number of carbonyl (C=O) groups is 1. The molecule has 2 saturated carbocycles. The molecule has 2 atom stereocenters. The van der Waals surface area contributed by atoms with Gasteiger partial charge in [-0.15, -0.1) is 0 Å². The Kier molecular flexibility index (Phi) is 3.54. The molecular formula is C16H20FNO. The van der Waals surface area contributed by atoms with Crippen LogP contribution in [0.1, 0.15) is 50.0 Å². The van der Waals surface area contributed by atoms with Gasteiger partial charge in [0.15, 0.2) is 0 Å². The van der Waals surface area contributed by atoms with Crippen molar-refractivity contribution in [3.8, 4) is 0 Å². The summed E-state index contributed by atoms with van der Waals surface area (Å²) in [6.45, 7) is 0. The van der Waals surface area contributed by atoms with Crippen LogP contribution in [0.2, 0.25) is 0 Å². The van der Waals surface area contributed by atoms with E-state index in [0.29, 0.717) is 12.0 Å². The molecule has 19 heavy (non-hydrogen) atoms. The Morgan fingerprint density at radius 1 is 1.11 bits per heavy atom. The van der Waals surface area contributed by atoms with Gasteiger partial charge in [-0.3, -0.25) is 4.79 Å². The summed E-state index contributed by atoms with van der Waals surface area (Å²) < 4.78 is 12.9. The van der Waals surface area contributed by atoms with Gasteiger partial charge in [0.2, 0.25) is 5.91 Å². The van der Waals surface area contributed by atoms with E-state index in [2.05, 4.69) is 5.32 Å². The smallest absolute Gasteiger partial charge is 0.223 e. The van der Waals surface area contributed by atoms with Gasteiger partial charge in [0.05, 0.1) is 0 Å². The van der Waals surface area contributed by atoms with Gasteiger partial charge in [-0.05, 0) is 42.9 Å². The molecule has 102 valence electrons. The second-order valence-electron chi connectivity index (χ2n) is 5.84. The van der Waals surface area contributed by atoms with E-state index < -0.39 is 0 Å². The summed E-state index contributed by atoms with van der Waals surface area (Å²) in [7, 11) is 0. The van der Waals surface area contributed by atoms with Gasteiger partial charge in [0, 0.05) is 12.0 Å². The van der Waals surface area contributed by atoms with Gasteiger partial charge in [0.1, 0.15) is 5.82 Å². The molecule has 1 amide bonds. The van der Waals surface area contributed by atoms with E-state index in [1.165, 1.54) is 31.4 Å². The number of carbonyl (C=O) groups excluding carboxylic acids is 1. The molecular weight excluding hydrogens is 241 g/mol. The van der Waals surface area contributed by atoms with E-state index in [4.69, 9.17) is 0 Å². The Hall–Kier alpha value is -1.38. The lowest BCUT2D eigenvalue weighted by Crippen LogP contribution is -2.37. The molecule has 2 unspecified atom stereocenters. The zero-order valence-corrected chi connectivity index (χ0v) is 11.1. The quantitative estimate of drug-likeness (QED) is 0.888. The van der Waals surface area contributed by atoms with Crippen LogP contribution in [0.25, 0.3) is 0 Å². The molecule has 3 rings (SSSR count). The van der Waals surface area contributed by atoms with Crippen molar-refractivity contribution in [3.05, 3.63) is 35.6 Å². The molecule has 0 aromatic heterocycles. The number of halogens is 1. The maximum Gasteiger partial charge on any atom is 0.223 e. The number of amides is 1. The monoisotopic (exact) mass is 261 g/mol. The fourth-order valence-corrected chi connectivity index (χ4v) is 3.12. The zero-order chi connectivity index (χ0) is 13.2. The van der Waals surface area contributed by atoms with Crippen molar-refractivity contribution in [2.24, 2.45) is 5.92 Å². The van der Waals surface area contributed by atoms with Crippen LogP contribution in [-0.4, -0.2) is 11.9 Å². The van der Waals surface area contributed by atoms with Crippen molar-refractivity contribution < 1.29 is 9.18 Å². The third-order valence-corrected chi connectivity index (χ3v) is 4.38. The standard InChI is InChI=1S/C16H20FNO/c17-12-8-6-11(7-9-12)14-10-15(14)16(19)18-13-4-2-1-3-5-13/h6-9,13-15H,1-5,10H2,(H,18,19). The van der Waals surface area contributed by atoms with Gasteiger partial charge in [0.25, 0.3) is 0 Å². The van der Waals surface area contributed by atoms with Crippen molar-refractivity contribution >= 4 is 5.91 Å². The largest absolute Gasteiger partial charge is 0.353 e. The molecule has 2 aliphatic rings. The maximum atomic E-state index is 12.9. The molecule has 0 aliphatic heterocycles. The average Bonchev–Trinajstić information content (AvgIpc) is 3.21. The highest BCUT2D eigenvalue weighted by atomic mass is 19.1. The van der Waals surface area contributed by atoms with Crippen LogP contribution in [-0.2, 0) is 4.79 Å². The average molecular weight is 261 g/mol. The summed E-state index contributed by atoms with van der Waals surface area (Å²) in [5, 5.41) is 3.18. The van der Waals surface area contributed by atoms with E-state index in [0.717, 1.165) is 24.8 Å². The molecule has 2 aliphatic carbocycles. The van der Waals surface area contributed by atoms with Gasteiger partial charge in [-0.25, -0.2) is 4.39 Å². The number of nitrogens with one attached hydrogen (secondary N) is 1. The molecule has 1 N–H and O–H groups in total. The summed E-state index contributed by atoms with van der Waals surface area (Å²) in [4.78, 5) is 12.1. The maximum absolute atomic E-state index is 12.9. The van der Waals surface area contributed by atoms with Crippen LogP contribution < -0.4 is 5.32 Å². The number of hydrogen-bond donors (Lipinski definition) is 1. The molecule has 2 nitrogen and oxygen atoms in total. The first-order chi connectivity index (χ1) is 9.24. The minimum absolute atomic E-state index is 0.104. The lowest BCUT2D eigenvalue weighted by molar-refractivity contribution is -0.123. The van der Waals surface area contributed by atoms with Gasteiger partial charge >= 0.3 is 0 Å². The Morgan fingerprint density at radius 2 is 1.79 bits per heavy atom. The molecule has 1 aromatic carbocycles. The fourth-order valence-electron chi connectivity index (χ4n) is 3.12. The van der Waals surface area contributed by atoms with E-state index in [1.807, 2.05) is 0 Å². The van der Waals surface area contributed by atoms with E-state index in [9.17, 15) is 9.18 Å². The van der Waals surface area contributed by atoms with Crippen molar-refractivity contribution in [3.63, 3.8) is 0 Å².